The number of hydrogen-bond donors (Lipinski definition) is 1. The fraction of sp³-hybridized carbons (Fsp3) is 1.00. The van der Waals surface area contributed by atoms with Crippen molar-refractivity contribution in [1.29, 1.82) is 0 Å². The number of rotatable bonds is 5. The van der Waals surface area contributed by atoms with Crippen LogP contribution in [0.2, 0.25) is 0 Å². The first-order chi connectivity index (χ1) is 7.56. The van der Waals surface area contributed by atoms with Crippen LogP contribution in [-0.4, -0.2) is 32.6 Å². The highest BCUT2D eigenvalue weighted by Crippen LogP contribution is 2.28. The van der Waals surface area contributed by atoms with Crippen molar-refractivity contribution in [1.82, 2.24) is 5.32 Å². The fourth-order valence-corrected chi connectivity index (χ4v) is 3.04. The number of hydrogen-bond acceptors (Lipinski definition) is 3. The van der Waals surface area contributed by atoms with Gasteiger partial charge in [0.2, 0.25) is 0 Å². The molecule has 0 amide bonds. The van der Waals surface area contributed by atoms with E-state index in [1.165, 1.54) is 19.3 Å². The zero-order chi connectivity index (χ0) is 12.1. The molecule has 0 saturated heterocycles. The molecular formula is C13H27NO2. The van der Waals surface area contributed by atoms with Gasteiger partial charge in [-0.2, -0.15) is 0 Å². The van der Waals surface area contributed by atoms with Crippen LogP contribution in [0.15, 0.2) is 0 Å². The summed E-state index contributed by atoms with van der Waals surface area (Å²) in [6.45, 7) is 6.82. The largest absolute Gasteiger partial charge is 0.354 e. The molecule has 0 aliphatic heterocycles. The summed E-state index contributed by atoms with van der Waals surface area (Å²) in [5, 5.41) is 3.63. The van der Waals surface area contributed by atoms with E-state index in [0.29, 0.717) is 6.04 Å². The van der Waals surface area contributed by atoms with Gasteiger partial charge in [0.25, 0.3) is 0 Å². The lowest BCUT2D eigenvalue weighted by molar-refractivity contribution is -0.121. The Morgan fingerprint density at radius 1 is 1.00 bits per heavy atom. The van der Waals surface area contributed by atoms with Gasteiger partial charge in [0.15, 0.2) is 6.29 Å². The summed E-state index contributed by atoms with van der Waals surface area (Å²) < 4.78 is 10.5. The van der Waals surface area contributed by atoms with E-state index in [9.17, 15) is 0 Å². The van der Waals surface area contributed by atoms with Gasteiger partial charge in [-0.25, -0.2) is 0 Å². The van der Waals surface area contributed by atoms with Crippen molar-refractivity contribution in [3.63, 3.8) is 0 Å². The Morgan fingerprint density at radius 2 is 1.50 bits per heavy atom. The minimum absolute atomic E-state index is 0.146. The number of nitrogens with one attached hydrogen (secondary N) is 1. The summed E-state index contributed by atoms with van der Waals surface area (Å²) in [6.07, 6.45) is 3.77. The molecule has 1 aliphatic rings. The minimum atomic E-state index is -0.146. The van der Waals surface area contributed by atoms with Gasteiger partial charge >= 0.3 is 0 Å². The monoisotopic (exact) mass is 229 g/mol. The SMILES string of the molecule is COC(OC)C(C)NC1CC(C)CC(C)C1. The van der Waals surface area contributed by atoms with Gasteiger partial charge in [0, 0.05) is 20.3 Å². The van der Waals surface area contributed by atoms with Crippen LogP contribution < -0.4 is 5.32 Å². The van der Waals surface area contributed by atoms with Gasteiger partial charge in [0.1, 0.15) is 0 Å². The third-order valence-electron chi connectivity index (χ3n) is 3.55. The maximum atomic E-state index is 5.27. The summed E-state index contributed by atoms with van der Waals surface area (Å²) in [6, 6.07) is 0.860. The van der Waals surface area contributed by atoms with Gasteiger partial charge in [-0.15, -0.1) is 0 Å². The Hall–Kier alpha value is -0.120. The van der Waals surface area contributed by atoms with Crippen molar-refractivity contribution >= 4 is 0 Å². The molecule has 16 heavy (non-hydrogen) atoms. The molecule has 3 unspecified atom stereocenters. The molecule has 1 fully saturated rings. The Balaban J connectivity index is 2.40. The van der Waals surface area contributed by atoms with E-state index in [2.05, 4.69) is 26.1 Å². The van der Waals surface area contributed by atoms with Crippen LogP contribution in [-0.2, 0) is 9.47 Å². The molecule has 0 aromatic rings. The molecule has 1 saturated carbocycles. The van der Waals surface area contributed by atoms with Crippen molar-refractivity contribution in [2.45, 2.75) is 58.4 Å². The Labute approximate surface area is 99.9 Å². The molecule has 0 aromatic heterocycles. The topological polar surface area (TPSA) is 30.5 Å². The highest BCUT2D eigenvalue weighted by molar-refractivity contribution is 4.82. The lowest BCUT2D eigenvalue weighted by atomic mass is 9.80. The second kappa shape index (κ2) is 6.58. The van der Waals surface area contributed by atoms with E-state index in [-0.39, 0.29) is 12.3 Å². The van der Waals surface area contributed by atoms with Crippen LogP contribution in [0.3, 0.4) is 0 Å². The molecule has 0 heterocycles. The van der Waals surface area contributed by atoms with Gasteiger partial charge in [-0.05, 0) is 38.0 Å². The first-order valence-electron chi connectivity index (χ1n) is 6.38. The average Bonchev–Trinajstić information content (AvgIpc) is 2.17. The summed E-state index contributed by atoms with van der Waals surface area (Å²) in [7, 11) is 3.39. The van der Waals surface area contributed by atoms with E-state index in [1.54, 1.807) is 14.2 Å². The molecule has 0 bridgehead atoms. The molecule has 1 aliphatic carbocycles. The number of methoxy groups -OCH3 is 2. The van der Waals surface area contributed by atoms with Gasteiger partial charge < -0.3 is 14.8 Å². The fourth-order valence-electron chi connectivity index (χ4n) is 3.04. The van der Waals surface area contributed by atoms with Gasteiger partial charge in [-0.1, -0.05) is 13.8 Å². The molecular weight excluding hydrogens is 202 g/mol. The average molecular weight is 229 g/mol. The van der Waals surface area contributed by atoms with E-state index < -0.39 is 0 Å². The zero-order valence-electron chi connectivity index (χ0n) is 11.3. The van der Waals surface area contributed by atoms with Crippen LogP contribution in [0.25, 0.3) is 0 Å². The maximum Gasteiger partial charge on any atom is 0.171 e. The minimum Gasteiger partial charge on any atom is -0.354 e. The summed E-state index contributed by atoms with van der Waals surface area (Å²) in [4.78, 5) is 0. The van der Waals surface area contributed by atoms with Crippen molar-refractivity contribution < 1.29 is 9.47 Å². The van der Waals surface area contributed by atoms with E-state index >= 15 is 0 Å². The lowest BCUT2D eigenvalue weighted by Gasteiger charge is -2.35. The Kier molecular flexibility index (Phi) is 5.73. The highest BCUT2D eigenvalue weighted by Gasteiger charge is 2.26. The molecule has 96 valence electrons. The summed E-state index contributed by atoms with van der Waals surface area (Å²) in [5.74, 6) is 1.66. The summed E-state index contributed by atoms with van der Waals surface area (Å²) >= 11 is 0. The molecule has 1 rings (SSSR count). The van der Waals surface area contributed by atoms with E-state index in [0.717, 1.165) is 11.8 Å². The molecule has 1 N–H and O–H groups in total. The quantitative estimate of drug-likeness (QED) is 0.734. The van der Waals surface area contributed by atoms with Crippen molar-refractivity contribution in [2.75, 3.05) is 14.2 Å². The van der Waals surface area contributed by atoms with Crippen LogP contribution in [0.4, 0.5) is 0 Å². The van der Waals surface area contributed by atoms with Crippen LogP contribution in [0.5, 0.6) is 0 Å². The van der Waals surface area contributed by atoms with Crippen LogP contribution in [0, 0.1) is 11.8 Å². The zero-order valence-corrected chi connectivity index (χ0v) is 11.3. The molecule has 0 radical (unpaired) electrons. The molecule has 0 aromatic carbocycles. The third-order valence-corrected chi connectivity index (χ3v) is 3.55. The standard InChI is InChI=1S/C13H27NO2/c1-9-6-10(2)8-12(7-9)14-11(3)13(15-4)16-5/h9-14H,6-8H2,1-5H3. The first-order valence-corrected chi connectivity index (χ1v) is 6.38. The normalized spacial score (nSPS) is 33.0. The number of ether oxygens (including phenoxy) is 2. The van der Waals surface area contributed by atoms with E-state index in [4.69, 9.17) is 9.47 Å². The van der Waals surface area contributed by atoms with Gasteiger partial charge in [0.05, 0.1) is 6.04 Å². The van der Waals surface area contributed by atoms with Crippen molar-refractivity contribution in [3.05, 3.63) is 0 Å². The molecule has 0 spiro atoms. The molecule has 3 heteroatoms. The second-order valence-corrected chi connectivity index (χ2v) is 5.41. The molecule has 3 atom stereocenters. The van der Waals surface area contributed by atoms with E-state index in [1.807, 2.05) is 0 Å². The smallest absolute Gasteiger partial charge is 0.171 e. The Bertz CT molecular complexity index is 184. The first kappa shape index (κ1) is 13.9. The molecule has 3 nitrogen and oxygen atoms in total. The highest BCUT2D eigenvalue weighted by atomic mass is 16.7. The predicted octanol–water partition coefficient (Wildman–Crippen LogP) is 2.41. The van der Waals surface area contributed by atoms with Gasteiger partial charge in [-0.3, -0.25) is 0 Å². The summed E-state index contributed by atoms with van der Waals surface area (Å²) in [5.41, 5.74) is 0. The van der Waals surface area contributed by atoms with Crippen LogP contribution in [0.1, 0.15) is 40.0 Å². The second-order valence-electron chi connectivity index (χ2n) is 5.41. The lowest BCUT2D eigenvalue weighted by Crippen LogP contribution is -2.47. The van der Waals surface area contributed by atoms with Crippen molar-refractivity contribution in [3.8, 4) is 0 Å². The Morgan fingerprint density at radius 3 is 1.94 bits per heavy atom. The van der Waals surface area contributed by atoms with Crippen molar-refractivity contribution in [2.24, 2.45) is 11.8 Å². The van der Waals surface area contributed by atoms with Crippen LogP contribution >= 0.6 is 0 Å². The third kappa shape index (κ3) is 4.04. The maximum absolute atomic E-state index is 5.27. The predicted molar refractivity (Wildman–Crippen MR) is 66.4 cm³/mol.